The molecular formula is C20H18F4N2O2. The van der Waals surface area contributed by atoms with Crippen LogP contribution in [0.1, 0.15) is 30.4 Å². The van der Waals surface area contributed by atoms with Crippen molar-refractivity contribution in [2.75, 3.05) is 5.32 Å². The van der Waals surface area contributed by atoms with E-state index in [0.29, 0.717) is 18.4 Å². The summed E-state index contributed by atoms with van der Waals surface area (Å²) >= 11 is 0. The van der Waals surface area contributed by atoms with Crippen molar-refractivity contribution in [3.63, 3.8) is 0 Å². The van der Waals surface area contributed by atoms with Crippen molar-refractivity contribution in [2.45, 2.75) is 38.5 Å². The average Bonchev–Trinajstić information content (AvgIpc) is 2.60. The normalized spacial score (nSPS) is 11.0. The lowest BCUT2D eigenvalue weighted by molar-refractivity contribution is -0.274. The zero-order valence-electron chi connectivity index (χ0n) is 14.9. The molecule has 0 saturated carbocycles. The van der Waals surface area contributed by atoms with Gasteiger partial charge in [0.1, 0.15) is 11.6 Å². The van der Waals surface area contributed by atoms with Crippen LogP contribution in [0.4, 0.5) is 23.2 Å². The Bertz CT molecular complexity index is 860. The van der Waals surface area contributed by atoms with Gasteiger partial charge in [-0.15, -0.1) is 13.2 Å². The first kappa shape index (κ1) is 21.2. The molecule has 0 heterocycles. The number of hydrogen-bond acceptors (Lipinski definition) is 3. The van der Waals surface area contributed by atoms with E-state index in [-0.39, 0.29) is 12.1 Å². The molecule has 0 unspecified atom stereocenters. The van der Waals surface area contributed by atoms with Crippen molar-refractivity contribution < 1.29 is 27.1 Å². The van der Waals surface area contributed by atoms with Gasteiger partial charge in [0.2, 0.25) is 5.91 Å². The Morgan fingerprint density at radius 3 is 2.57 bits per heavy atom. The lowest BCUT2D eigenvalue weighted by Gasteiger charge is -2.11. The summed E-state index contributed by atoms with van der Waals surface area (Å²) in [6.45, 7) is 0. The van der Waals surface area contributed by atoms with Crippen molar-refractivity contribution in [1.29, 1.82) is 5.26 Å². The van der Waals surface area contributed by atoms with Gasteiger partial charge in [0.15, 0.2) is 0 Å². The van der Waals surface area contributed by atoms with Gasteiger partial charge in [-0.25, -0.2) is 4.39 Å². The lowest BCUT2D eigenvalue weighted by Crippen LogP contribution is -2.18. The van der Waals surface area contributed by atoms with Crippen LogP contribution in [0.5, 0.6) is 5.75 Å². The minimum Gasteiger partial charge on any atom is -0.406 e. The number of hydrogen-bond donors (Lipinski definition) is 1. The molecular weight excluding hydrogens is 376 g/mol. The van der Waals surface area contributed by atoms with Crippen LogP contribution in [0.2, 0.25) is 0 Å². The molecule has 0 atom stereocenters. The Balaban J connectivity index is 1.94. The second-order valence-electron chi connectivity index (χ2n) is 6.10. The van der Waals surface area contributed by atoms with E-state index in [1.54, 1.807) is 6.07 Å². The molecule has 2 aromatic carbocycles. The number of rotatable bonds is 8. The number of ether oxygens (including phenoxy) is 1. The fourth-order valence-electron chi connectivity index (χ4n) is 2.58. The summed E-state index contributed by atoms with van der Waals surface area (Å²) in [7, 11) is 0. The molecule has 0 aromatic heterocycles. The number of amides is 1. The zero-order chi connectivity index (χ0) is 20.6. The Labute approximate surface area is 159 Å². The van der Waals surface area contributed by atoms with Crippen LogP contribution in [0.25, 0.3) is 0 Å². The lowest BCUT2D eigenvalue weighted by atomic mass is 10.1. The van der Waals surface area contributed by atoms with Crippen LogP contribution in [0.3, 0.4) is 0 Å². The summed E-state index contributed by atoms with van der Waals surface area (Å²) in [4.78, 5) is 12.1. The van der Waals surface area contributed by atoms with E-state index in [0.717, 1.165) is 30.5 Å². The van der Waals surface area contributed by atoms with E-state index in [4.69, 9.17) is 5.26 Å². The molecule has 4 nitrogen and oxygen atoms in total. The van der Waals surface area contributed by atoms with E-state index in [9.17, 15) is 22.4 Å². The second-order valence-corrected chi connectivity index (χ2v) is 6.10. The molecule has 8 heteroatoms. The maximum absolute atomic E-state index is 14.2. The van der Waals surface area contributed by atoms with Crippen LogP contribution < -0.4 is 10.1 Å². The highest BCUT2D eigenvalue weighted by Gasteiger charge is 2.31. The largest absolute Gasteiger partial charge is 0.573 e. The first-order valence-electron chi connectivity index (χ1n) is 8.57. The minimum atomic E-state index is -4.82. The fourth-order valence-corrected chi connectivity index (χ4v) is 2.58. The SMILES string of the molecule is N#CCCCCc1ccc(NC(=O)Cc2cccc(OC(F)(F)F)c2)c(F)c1. The molecule has 2 aromatic rings. The molecule has 0 bridgehead atoms. The van der Waals surface area contributed by atoms with Crippen molar-refractivity contribution >= 4 is 11.6 Å². The third-order valence-electron chi connectivity index (χ3n) is 3.81. The van der Waals surface area contributed by atoms with Gasteiger partial charge in [0, 0.05) is 6.42 Å². The molecule has 148 valence electrons. The standard InChI is InChI=1S/C20H18F4N2O2/c21-17-12-14(5-2-1-3-10-25)8-9-18(17)26-19(27)13-15-6-4-7-16(11-15)28-20(22,23)24/h4,6-9,11-12H,1-3,5,13H2,(H,26,27). The fraction of sp³-hybridized carbons (Fsp3) is 0.300. The number of alkyl halides is 3. The highest BCUT2D eigenvalue weighted by molar-refractivity contribution is 5.92. The predicted molar refractivity (Wildman–Crippen MR) is 95.0 cm³/mol. The van der Waals surface area contributed by atoms with Crippen LogP contribution in [0.15, 0.2) is 42.5 Å². The first-order chi connectivity index (χ1) is 13.3. The van der Waals surface area contributed by atoms with Gasteiger partial charge in [-0.05, 0) is 54.7 Å². The third-order valence-corrected chi connectivity index (χ3v) is 3.81. The number of nitriles is 1. The van der Waals surface area contributed by atoms with Crippen molar-refractivity contribution in [1.82, 2.24) is 0 Å². The molecule has 2 rings (SSSR count). The van der Waals surface area contributed by atoms with Crippen LogP contribution in [-0.4, -0.2) is 12.3 Å². The monoisotopic (exact) mass is 394 g/mol. The Morgan fingerprint density at radius 2 is 1.89 bits per heavy atom. The molecule has 0 aliphatic rings. The van der Waals surface area contributed by atoms with Crippen molar-refractivity contribution in [3.8, 4) is 11.8 Å². The number of nitrogens with one attached hydrogen (secondary N) is 1. The quantitative estimate of drug-likeness (QED) is 0.498. The van der Waals surface area contributed by atoms with E-state index < -0.39 is 23.8 Å². The zero-order valence-corrected chi connectivity index (χ0v) is 14.9. The molecule has 0 saturated heterocycles. The molecule has 1 N–H and O–H groups in total. The van der Waals surface area contributed by atoms with Gasteiger partial charge in [-0.2, -0.15) is 5.26 Å². The Kier molecular flexibility index (Phi) is 7.38. The van der Waals surface area contributed by atoms with Gasteiger partial charge < -0.3 is 10.1 Å². The number of halogens is 4. The van der Waals surface area contributed by atoms with E-state index in [2.05, 4.69) is 10.1 Å². The Hall–Kier alpha value is -3.08. The van der Waals surface area contributed by atoms with Gasteiger partial charge >= 0.3 is 6.36 Å². The number of benzene rings is 2. The predicted octanol–water partition coefficient (Wildman–Crippen LogP) is 5.14. The van der Waals surface area contributed by atoms with Gasteiger partial charge in [-0.3, -0.25) is 4.79 Å². The van der Waals surface area contributed by atoms with E-state index in [1.165, 1.54) is 24.3 Å². The number of nitrogens with zero attached hydrogens (tertiary/aromatic N) is 1. The molecule has 0 radical (unpaired) electrons. The first-order valence-corrected chi connectivity index (χ1v) is 8.57. The number of anilines is 1. The highest BCUT2D eigenvalue weighted by Crippen LogP contribution is 2.24. The smallest absolute Gasteiger partial charge is 0.406 e. The molecule has 0 aliphatic carbocycles. The Morgan fingerprint density at radius 1 is 1.11 bits per heavy atom. The van der Waals surface area contributed by atoms with Crippen molar-refractivity contribution in [3.05, 3.63) is 59.4 Å². The van der Waals surface area contributed by atoms with E-state index >= 15 is 0 Å². The minimum absolute atomic E-state index is 0.00605. The maximum atomic E-state index is 14.2. The van der Waals surface area contributed by atoms with Crippen LogP contribution in [-0.2, 0) is 17.6 Å². The summed E-state index contributed by atoms with van der Waals surface area (Å²) in [5, 5.41) is 10.9. The average molecular weight is 394 g/mol. The molecule has 1 amide bonds. The summed E-state index contributed by atoms with van der Waals surface area (Å²) in [5.74, 6) is -1.59. The van der Waals surface area contributed by atoms with E-state index in [1.807, 2.05) is 6.07 Å². The maximum Gasteiger partial charge on any atom is 0.573 e. The molecule has 28 heavy (non-hydrogen) atoms. The van der Waals surface area contributed by atoms with Gasteiger partial charge in [-0.1, -0.05) is 18.2 Å². The number of unbranched alkanes of at least 4 members (excludes halogenated alkanes) is 2. The van der Waals surface area contributed by atoms with Crippen LogP contribution in [0, 0.1) is 17.1 Å². The van der Waals surface area contributed by atoms with Gasteiger partial charge in [0.05, 0.1) is 18.2 Å². The number of carbonyl (C=O) groups is 1. The molecule has 0 aliphatic heterocycles. The summed E-state index contributed by atoms with van der Waals surface area (Å²) < 4.78 is 54.8. The van der Waals surface area contributed by atoms with Gasteiger partial charge in [0.25, 0.3) is 0 Å². The number of carbonyl (C=O) groups excluding carboxylic acids is 1. The summed E-state index contributed by atoms with van der Waals surface area (Å²) in [6.07, 6.45) is -2.49. The van der Waals surface area contributed by atoms with Crippen molar-refractivity contribution in [2.24, 2.45) is 0 Å². The van der Waals surface area contributed by atoms with Crippen LogP contribution >= 0.6 is 0 Å². The number of aryl methyl sites for hydroxylation is 1. The molecule has 0 fully saturated rings. The summed E-state index contributed by atoms with van der Waals surface area (Å²) in [5.41, 5.74) is 1.05. The summed E-state index contributed by atoms with van der Waals surface area (Å²) in [6, 6.07) is 11.5. The molecule has 0 spiro atoms. The highest BCUT2D eigenvalue weighted by atomic mass is 19.4. The topological polar surface area (TPSA) is 62.1 Å². The third kappa shape index (κ3) is 7.27. The second kappa shape index (κ2) is 9.74.